The number of benzene rings is 2. The van der Waals surface area contributed by atoms with E-state index in [0.717, 1.165) is 25.2 Å². The van der Waals surface area contributed by atoms with Gasteiger partial charge < -0.3 is 14.9 Å². The predicted molar refractivity (Wildman–Crippen MR) is 130 cm³/mol. The average molecular weight is 464 g/mol. The van der Waals surface area contributed by atoms with Gasteiger partial charge in [-0.1, -0.05) is 62.4 Å². The first-order chi connectivity index (χ1) is 16.4. The van der Waals surface area contributed by atoms with E-state index < -0.39 is 28.4 Å². The highest BCUT2D eigenvalue weighted by molar-refractivity contribution is 6.14. The van der Waals surface area contributed by atoms with Crippen LogP contribution in [0.2, 0.25) is 0 Å². The van der Waals surface area contributed by atoms with E-state index in [4.69, 9.17) is 0 Å². The van der Waals surface area contributed by atoms with Crippen molar-refractivity contribution in [1.29, 1.82) is 0 Å². The molecule has 2 aromatic rings. The van der Waals surface area contributed by atoms with Crippen molar-refractivity contribution in [2.75, 3.05) is 26.2 Å². The summed E-state index contributed by atoms with van der Waals surface area (Å²) < 4.78 is 0. The van der Waals surface area contributed by atoms with Crippen LogP contribution in [0.3, 0.4) is 0 Å². The van der Waals surface area contributed by atoms with Crippen molar-refractivity contribution < 1.29 is 19.6 Å². The maximum atomic E-state index is 13.2. The first kappa shape index (κ1) is 24.9. The number of allylic oxidation sites excluding steroid dienone is 1. The molecule has 34 heavy (non-hydrogen) atoms. The van der Waals surface area contributed by atoms with E-state index in [0.29, 0.717) is 18.5 Å². The van der Waals surface area contributed by atoms with Gasteiger partial charge in [-0.05, 0) is 43.3 Å². The number of hydrogen-bond donors (Lipinski definition) is 1. The van der Waals surface area contributed by atoms with Gasteiger partial charge in [-0.3, -0.25) is 19.7 Å². The molecule has 0 bridgehead atoms. The normalized spacial score (nSPS) is 16.1. The Kier molecular flexibility index (Phi) is 8.32. The predicted octanol–water partition coefficient (Wildman–Crippen LogP) is 4.30. The molecule has 1 amide bonds. The Bertz CT molecular complexity index is 1110. The van der Waals surface area contributed by atoms with Gasteiger partial charge in [-0.15, -0.1) is 0 Å². The van der Waals surface area contributed by atoms with Crippen LogP contribution in [0.25, 0.3) is 6.08 Å². The highest BCUT2D eigenvalue weighted by Gasteiger charge is 2.43. The fraction of sp³-hybridized carbons (Fsp3) is 0.308. The van der Waals surface area contributed by atoms with Gasteiger partial charge in [-0.25, -0.2) is 0 Å². The second kappa shape index (κ2) is 11.4. The van der Waals surface area contributed by atoms with Gasteiger partial charge in [0.2, 0.25) is 0 Å². The summed E-state index contributed by atoms with van der Waals surface area (Å²) >= 11 is 0. The molecule has 0 saturated carbocycles. The Hall–Kier alpha value is -3.78. The number of ketones is 1. The summed E-state index contributed by atoms with van der Waals surface area (Å²) in [5.41, 5.74) is 0.987. The number of rotatable bonds is 11. The van der Waals surface area contributed by atoms with Crippen LogP contribution in [0.4, 0.5) is 5.69 Å². The number of non-ortho nitro benzene ring substituents is 1. The molecular weight excluding hydrogens is 434 g/mol. The zero-order chi connectivity index (χ0) is 24.7. The smallest absolute Gasteiger partial charge is 0.290 e. The summed E-state index contributed by atoms with van der Waals surface area (Å²) in [7, 11) is 0. The van der Waals surface area contributed by atoms with Crippen LogP contribution in [0.5, 0.6) is 0 Å². The summed E-state index contributed by atoms with van der Waals surface area (Å²) in [4.78, 5) is 40.6. The average Bonchev–Trinajstić information content (AvgIpc) is 3.11. The van der Waals surface area contributed by atoms with Gasteiger partial charge in [0, 0.05) is 18.7 Å². The molecular formula is C26H29N3O5. The van der Waals surface area contributed by atoms with Gasteiger partial charge in [0.15, 0.2) is 11.5 Å². The van der Waals surface area contributed by atoms with Crippen LogP contribution >= 0.6 is 0 Å². The monoisotopic (exact) mass is 463 g/mol. The number of hydrogen-bond acceptors (Lipinski definition) is 6. The molecule has 0 fully saturated rings. The number of amides is 1. The van der Waals surface area contributed by atoms with E-state index >= 15 is 0 Å². The van der Waals surface area contributed by atoms with Gasteiger partial charge >= 0.3 is 0 Å². The molecule has 1 atom stereocenters. The lowest BCUT2D eigenvalue weighted by Gasteiger charge is -2.27. The van der Waals surface area contributed by atoms with Crippen LogP contribution in [-0.4, -0.2) is 57.7 Å². The lowest BCUT2D eigenvalue weighted by Crippen LogP contribution is -2.34. The number of aliphatic hydroxyl groups is 1. The quantitative estimate of drug-likeness (QED) is 0.303. The molecule has 8 heteroatoms. The van der Waals surface area contributed by atoms with Crippen molar-refractivity contribution in [3.8, 4) is 0 Å². The second-order valence-corrected chi connectivity index (χ2v) is 8.00. The highest BCUT2D eigenvalue weighted by Crippen LogP contribution is 2.39. The van der Waals surface area contributed by atoms with Crippen LogP contribution in [0, 0.1) is 10.1 Å². The molecule has 3 rings (SSSR count). The van der Waals surface area contributed by atoms with Crippen LogP contribution in [0.15, 0.2) is 72.0 Å². The molecule has 178 valence electrons. The third-order valence-electron chi connectivity index (χ3n) is 5.96. The zero-order valence-corrected chi connectivity index (χ0v) is 19.4. The standard InChI is InChI=1S/C26H29N3O5/c1-3-27(4-2)16-9-17-28-24(20-12-8-13-21(18-20)29(33)34)23(25(31)26(28)32)22(30)15-14-19-10-6-5-7-11-19/h5-8,10-15,18,24,31H,3-4,9,16-17H2,1-2H3/b15-14+. The first-order valence-electron chi connectivity index (χ1n) is 11.4. The van der Waals surface area contributed by atoms with E-state index in [9.17, 15) is 24.8 Å². The molecule has 8 nitrogen and oxygen atoms in total. The SMILES string of the molecule is CCN(CC)CCCN1C(=O)C(O)=C(C(=O)/C=C/c2ccccc2)C1c1cccc([N+](=O)[O-])c1. The Morgan fingerprint density at radius 1 is 1.15 bits per heavy atom. The lowest BCUT2D eigenvalue weighted by molar-refractivity contribution is -0.384. The van der Waals surface area contributed by atoms with Crippen molar-refractivity contribution >= 4 is 23.5 Å². The first-order valence-corrected chi connectivity index (χ1v) is 11.4. The maximum absolute atomic E-state index is 13.2. The van der Waals surface area contributed by atoms with Crippen molar-refractivity contribution in [3.05, 3.63) is 93.2 Å². The third kappa shape index (κ3) is 5.58. The summed E-state index contributed by atoms with van der Waals surface area (Å²) in [5.74, 6) is -1.77. The van der Waals surface area contributed by atoms with E-state index in [1.807, 2.05) is 30.3 Å². The van der Waals surface area contributed by atoms with Crippen molar-refractivity contribution in [2.45, 2.75) is 26.3 Å². The zero-order valence-electron chi connectivity index (χ0n) is 19.4. The minimum atomic E-state index is -0.906. The molecule has 0 spiro atoms. The van der Waals surface area contributed by atoms with Crippen molar-refractivity contribution in [3.63, 3.8) is 0 Å². The molecule has 1 aliphatic rings. The van der Waals surface area contributed by atoms with Crippen molar-refractivity contribution in [2.24, 2.45) is 0 Å². The van der Waals surface area contributed by atoms with E-state index in [1.165, 1.54) is 29.2 Å². The Morgan fingerprint density at radius 2 is 1.85 bits per heavy atom. The highest BCUT2D eigenvalue weighted by atomic mass is 16.6. The van der Waals surface area contributed by atoms with E-state index in [2.05, 4.69) is 18.7 Å². The molecule has 0 aromatic heterocycles. The van der Waals surface area contributed by atoms with Gasteiger partial charge in [0.1, 0.15) is 0 Å². The molecule has 0 saturated heterocycles. The summed E-state index contributed by atoms with van der Waals surface area (Å²) in [6.45, 7) is 6.90. The number of carbonyl (C=O) groups excluding carboxylic acids is 2. The van der Waals surface area contributed by atoms with Crippen LogP contribution < -0.4 is 0 Å². The molecule has 1 heterocycles. The Labute approximate surface area is 199 Å². The fourth-order valence-corrected chi connectivity index (χ4v) is 4.12. The van der Waals surface area contributed by atoms with Gasteiger partial charge in [0.05, 0.1) is 16.5 Å². The van der Waals surface area contributed by atoms with Gasteiger partial charge in [0.25, 0.3) is 11.6 Å². The maximum Gasteiger partial charge on any atom is 0.290 e. The lowest BCUT2D eigenvalue weighted by atomic mass is 9.95. The minimum Gasteiger partial charge on any atom is -0.503 e. The molecule has 1 unspecified atom stereocenters. The van der Waals surface area contributed by atoms with E-state index in [-0.39, 0.29) is 11.3 Å². The number of aliphatic hydroxyl groups excluding tert-OH is 1. The molecule has 1 aliphatic heterocycles. The molecule has 0 radical (unpaired) electrons. The van der Waals surface area contributed by atoms with Gasteiger partial charge in [-0.2, -0.15) is 0 Å². The number of nitrogens with zero attached hydrogens (tertiary/aromatic N) is 3. The number of nitro groups is 1. The van der Waals surface area contributed by atoms with Crippen LogP contribution in [-0.2, 0) is 9.59 Å². The van der Waals surface area contributed by atoms with Crippen LogP contribution in [0.1, 0.15) is 37.4 Å². The largest absolute Gasteiger partial charge is 0.503 e. The van der Waals surface area contributed by atoms with E-state index in [1.54, 1.807) is 12.1 Å². The minimum absolute atomic E-state index is 0.0690. The second-order valence-electron chi connectivity index (χ2n) is 8.00. The van der Waals surface area contributed by atoms with Crippen molar-refractivity contribution in [1.82, 2.24) is 9.80 Å². The number of nitro benzene ring substituents is 1. The number of carbonyl (C=O) groups is 2. The molecule has 1 N–H and O–H groups in total. The summed E-state index contributed by atoms with van der Waals surface area (Å²) in [5, 5.41) is 22.0. The third-order valence-corrected chi connectivity index (χ3v) is 5.96. The Morgan fingerprint density at radius 3 is 2.50 bits per heavy atom. The molecule has 2 aromatic carbocycles. The summed E-state index contributed by atoms with van der Waals surface area (Å²) in [6, 6.07) is 14.1. The summed E-state index contributed by atoms with van der Waals surface area (Å²) in [6.07, 6.45) is 3.56. The Balaban J connectivity index is 1.95. The topological polar surface area (TPSA) is 104 Å². The fourth-order valence-electron chi connectivity index (χ4n) is 4.12. The molecule has 0 aliphatic carbocycles.